The third-order valence-electron chi connectivity index (χ3n) is 6.26. The number of nitrogens with zero attached hydrogens (tertiary/aromatic N) is 5. The first-order chi connectivity index (χ1) is 18.8. The van der Waals surface area contributed by atoms with Crippen molar-refractivity contribution in [3.63, 3.8) is 0 Å². The Morgan fingerprint density at radius 1 is 1.05 bits per heavy atom. The number of anilines is 2. The molecule has 0 saturated heterocycles. The van der Waals surface area contributed by atoms with E-state index in [9.17, 15) is 13.6 Å². The largest absolute Gasteiger partial charge is 0.382 e. The summed E-state index contributed by atoms with van der Waals surface area (Å²) in [4.78, 5) is 27.5. The quantitative estimate of drug-likeness (QED) is 0.242. The molecule has 2 aromatic carbocycles. The number of fused-ring (bicyclic) bond motifs is 1. The molecule has 0 unspecified atom stereocenters. The van der Waals surface area contributed by atoms with Gasteiger partial charge in [0, 0.05) is 38.1 Å². The molecule has 5 aromatic rings. The Labute approximate surface area is 222 Å². The second-order valence-electron chi connectivity index (χ2n) is 8.90. The number of amides is 1. The molecule has 9 nitrogen and oxygen atoms in total. The summed E-state index contributed by atoms with van der Waals surface area (Å²) in [5.41, 5.74) is 10.4. The van der Waals surface area contributed by atoms with Crippen LogP contribution in [0.2, 0.25) is 0 Å². The average molecular weight is 527 g/mol. The van der Waals surface area contributed by atoms with Gasteiger partial charge in [-0.25, -0.2) is 18.7 Å². The molecule has 196 valence electrons. The molecular weight excluding hydrogens is 502 g/mol. The maximum atomic E-state index is 13.7. The summed E-state index contributed by atoms with van der Waals surface area (Å²) in [6.07, 6.45) is 3.28. The van der Waals surface area contributed by atoms with Gasteiger partial charge in [-0.15, -0.1) is 0 Å². The lowest BCUT2D eigenvalue weighted by Gasteiger charge is -2.20. The smallest absolute Gasteiger partial charge is 0.259 e. The Morgan fingerprint density at radius 3 is 2.56 bits per heavy atom. The zero-order valence-electron chi connectivity index (χ0n) is 20.9. The number of nitrogen functional groups attached to an aromatic ring is 1. The van der Waals surface area contributed by atoms with Crippen LogP contribution in [0.5, 0.6) is 0 Å². The summed E-state index contributed by atoms with van der Waals surface area (Å²) < 4.78 is 27.0. The normalized spacial score (nSPS) is 10.9. The number of hydrogen-bond donors (Lipinski definition) is 3. The molecule has 0 spiro atoms. The van der Waals surface area contributed by atoms with Crippen LogP contribution in [0.3, 0.4) is 0 Å². The molecule has 3 heterocycles. The number of H-pyrrole nitrogens is 1. The maximum absolute atomic E-state index is 13.7. The molecule has 3 aromatic heterocycles. The van der Waals surface area contributed by atoms with Gasteiger partial charge in [-0.05, 0) is 47.7 Å². The van der Waals surface area contributed by atoms with Gasteiger partial charge in [0.15, 0.2) is 23.1 Å². The van der Waals surface area contributed by atoms with E-state index in [-0.39, 0.29) is 12.1 Å². The highest BCUT2D eigenvalue weighted by atomic mass is 19.2. The molecular formula is C28H24F2N8O. The van der Waals surface area contributed by atoms with Crippen molar-refractivity contribution in [1.29, 1.82) is 0 Å². The van der Waals surface area contributed by atoms with Gasteiger partial charge >= 0.3 is 0 Å². The second-order valence-corrected chi connectivity index (χ2v) is 8.90. The van der Waals surface area contributed by atoms with E-state index >= 15 is 0 Å². The fourth-order valence-electron chi connectivity index (χ4n) is 4.18. The van der Waals surface area contributed by atoms with Crippen LogP contribution in [0, 0.1) is 11.6 Å². The highest BCUT2D eigenvalue weighted by molar-refractivity contribution is 6.03. The molecule has 0 aliphatic heterocycles. The summed E-state index contributed by atoms with van der Waals surface area (Å²) in [5, 5.41) is 10.7. The van der Waals surface area contributed by atoms with Crippen molar-refractivity contribution in [3.05, 3.63) is 95.3 Å². The van der Waals surface area contributed by atoms with Crippen LogP contribution < -0.4 is 11.1 Å². The van der Waals surface area contributed by atoms with Crippen LogP contribution in [0.15, 0.2) is 72.0 Å². The van der Waals surface area contributed by atoms with Crippen LogP contribution >= 0.6 is 0 Å². The number of carbonyl (C=O) groups excluding carboxylic acids is 1. The minimum absolute atomic E-state index is 0.0630. The van der Waals surface area contributed by atoms with Gasteiger partial charge in [-0.3, -0.25) is 14.9 Å². The third kappa shape index (κ3) is 5.28. The van der Waals surface area contributed by atoms with E-state index < -0.39 is 17.5 Å². The van der Waals surface area contributed by atoms with E-state index in [1.165, 1.54) is 17.2 Å². The predicted octanol–water partition coefficient (Wildman–Crippen LogP) is 5.10. The number of nitrogens with one attached hydrogen (secondary N) is 2. The number of hydrogen-bond acceptors (Lipinski definition) is 7. The van der Waals surface area contributed by atoms with Crippen molar-refractivity contribution >= 4 is 41.0 Å². The Balaban J connectivity index is 1.32. The summed E-state index contributed by atoms with van der Waals surface area (Å²) >= 11 is 0. The number of aliphatic imine (C=N–C) groups is 1. The predicted molar refractivity (Wildman–Crippen MR) is 147 cm³/mol. The van der Waals surface area contributed by atoms with Gasteiger partial charge in [0.25, 0.3) is 5.91 Å². The first-order valence-corrected chi connectivity index (χ1v) is 11.9. The maximum Gasteiger partial charge on any atom is 0.259 e. The minimum atomic E-state index is -0.973. The summed E-state index contributed by atoms with van der Waals surface area (Å²) in [6, 6.07) is 14.9. The third-order valence-corrected chi connectivity index (χ3v) is 6.26. The minimum Gasteiger partial charge on any atom is -0.382 e. The van der Waals surface area contributed by atoms with Crippen LogP contribution in [-0.4, -0.2) is 44.7 Å². The van der Waals surface area contributed by atoms with Gasteiger partial charge in [0.1, 0.15) is 11.4 Å². The van der Waals surface area contributed by atoms with E-state index in [4.69, 9.17) is 5.73 Å². The van der Waals surface area contributed by atoms with Crippen LogP contribution in [0.1, 0.15) is 21.5 Å². The Morgan fingerprint density at radius 2 is 1.82 bits per heavy atom. The lowest BCUT2D eigenvalue weighted by atomic mass is 10.0. The molecule has 0 atom stereocenters. The first kappa shape index (κ1) is 25.5. The zero-order valence-corrected chi connectivity index (χ0v) is 20.9. The van der Waals surface area contributed by atoms with E-state index in [1.54, 1.807) is 19.3 Å². The van der Waals surface area contributed by atoms with Crippen molar-refractivity contribution in [2.24, 2.45) is 4.99 Å². The first-order valence-electron chi connectivity index (χ1n) is 11.9. The van der Waals surface area contributed by atoms with Gasteiger partial charge in [-0.2, -0.15) is 5.10 Å². The second kappa shape index (κ2) is 10.7. The summed E-state index contributed by atoms with van der Waals surface area (Å²) in [7, 11) is 1.56. The van der Waals surface area contributed by atoms with Gasteiger partial charge in [0.05, 0.1) is 11.1 Å². The van der Waals surface area contributed by atoms with Crippen molar-refractivity contribution < 1.29 is 13.6 Å². The Bertz CT molecular complexity index is 1680. The van der Waals surface area contributed by atoms with E-state index in [0.29, 0.717) is 35.1 Å². The molecule has 1 amide bonds. The topological polar surface area (TPSA) is 125 Å². The van der Waals surface area contributed by atoms with Crippen LogP contribution in [0.25, 0.3) is 22.2 Å². The molecule has 0 radical (unpaired) electrons. The Kier molecular flexibility index (Phi) is 6.96. The molecule has 0 fully saturated rings. The zero-order chi connectivity index (χ0) is 27.5. The molecule has 4 N–H and O–H groups in total. The highest BCUT2D eigenvalue weighted by Gasteiger charge is 2.21. The molecule has 5 rings (SSSR count). The molecule has 39 heavy (non-hydrogen) atoms. The molecule has 0 aliphatic carbocycles. The lowest BCUT2D eigenvalue weighted by molar-refractivity contribution is 0.0786. The number of aromatic nitrogens is 4. The number of nitrogens with two attached hydrogens (primary N) is 1. The molecule has 0 saturated carbocycles. The highest BCUT2D eigenvalue weighted by Crippen LogP contribution is 2.28. The number of halogens is 2. The molecule has 0 bridgehead atoms. The summed E-state index contributed by atoms with van der Waals surface area (Å²) in [6.45, 7) is 4.02. The van der Waals surface area contributed by atoms with Crippen molar-refractivity contribution in [2.45, 2.75) is 13.1 Å². The number of aromatic amines is 1. The number of pyridine rings is 2. The number of carbonyl (C=O) groups is 1. The monoisotopic (exact) mass is 526 g/mol. The van der Waals surface area contributed by atoms with Gasteiger partial charge < -0.3 is 16.0 Å². The van der Waals surface area contributed by atoms with Crippen LogP contribution in [0.4, 0.5) is 26.1 Å². The van der Waals surface area contributed by atoms with Gasteiger partial charge in [-0.1, -0.05) is 30.3 Å². The van der Waals surface area contributed by atoms with E-state index in [1.807, 2.05) is 30.3 Å². The van der Waals surface area contributed by atoms with Gasteiger partial charge in [0.2, 0.25) is 0 Å². The molecule has 11 heteroatoms. The Hall–Kier alpha value is -5.19. The van der Waals surface area contributed by atoms with Crippen molar-refractivity contribution in [1.82, 2.24) is 25.1 Å². The number of rotatable bonds is 8. The standard InChI is InChI=1S/C28H24F2N8O/c1-32-23-9-10-33-27(24(23)28(39)38(2)15-17-5-8-21(29)22(30)11-17)34-13-16-3-6-18(7-4-16)19-12-20-25(31)36-37-26(20)35-14-19/h3-12,14H,1,13,15H2,2H3,(H,33,34)(H3,31,35,36,37). The SMILES string of the molecule is C=Nc1ccnc(NCc2ccc(-c3cnc4[nH]nc(N)c4c3)cc2)c1C(=O)N(C)Cc1ccc(F)c(F)c1. The van der Waals surface area contributed by atoms with Crippen molar-refractivity contribution in [2.75, 3.05) is 18.1 Å². The lowest BCUT2D eigenvalue weighted by Crippen LogP contribution is -2.27. The van der Waals surface area contributed by atoms with Crippen LogP contribution in [-0.2, 0) is 13.1 Å². The number of benzene rings is 2. The average Bonchev–Trinajstić information content (AvgIpc) is 3.33. The molecule has 0 aliphatic rings. The van der Waals surface area contributed by atoms with E-state index in [0.717, 1.165) is 34.2 Å². The van der Waals surface area contributed by atoms with Crippen molar-refractivity contribution in [3.8, 4) is 11.1 Å². The van der Waals surface area contributed by atoms with E-state index in [2.05, 4.69) is 37.2 Å². The fourth-order valence-corrected chi connectivity index (χ4v) is 4.18. The fraction of sp³-hybridized carbons (Fsp3) is 0.107. The summed E-state index contributed by atoms with van der Waals surface area (Å²) in [5.74, 6) is -1.59.